The Balaban J connectivity index is 2.67. The van der Waals surface area contributed by atoms with E-state index >= 15 is 0 Å². The van der Waals surface area contributed by atoms with Gasteiger partial charge in [0, 0.05) is 15.8 Å². The molecule has 0 N–H and O–H groups in total. The fraction of sp³-hybridized carbons (Fsp3) is 0. The summed E-state index contributed by atoms with van der Waals surface area (Å²) in [6.45, 7) is 0. The molecule has 3 rings (SSSR count). The first-order chi connectivity index (χ1) is 7.75. The molecule has 3 aromatic rings. The van der Waals surface area contributed by atoms with Crippen LogP contribution in [-0.4, -0.2) is 0 Å². The van der Waals surface area contributed by atoms with Crippen molar-refractivity contribution in [3.05, 3.63) is 57.9 Å². The second-order valence-electron chi connectivity index (χ2n) is 3.58. The lowest BCUT2D eigenvalue weighted by Gasteiger charge is -2.01. The number of halogens is 1. The van der Waals surface area contributed by atoms with Crippen LogP contribution in [0.25, 0.3) is 21.7 Å². The Morgan fingerprint density at radius 1 is 0.938 bits per heavy atom. The summed E-state index contributed by atoms with van der Waals surface area (Å²) in [6.07, 6.45) is 0. The molecular formula is C13H7ClO2. The van der Waals surface area contributed by atoms with Crippen LogP contribution in [-0.2, 0) is 0 Å². The molecule has 16 heavy (non-hydrogen) atoms. The van der Waals surface area contributed by atoms with Gasteiger partial charge in [-0.15, -0.1) is 0 Å². The zero-order valence-corrected chi connectivity index (χ0v) is 8.99. The van der Waals surface area contributed by atoms with Crippen LogP contribution in [0, 0.1) is 0 Å². The normalized spacial score (nSPS) is 11.1. The van der Waals surface area contributed by atoms with E-state index in [2.05, 4.69) is 0 Å². The quantitative estimate of drug-likeness (QED) is 0.436. The molecule has 78 valence electrons. The summed E-state index contributed by atoms with van der Waals surface area (Å²) in [4.78, 5) is 11.7. The zero-order valence-electron chi connectivity index (χ0n) is 8.24. The van der Waals surface area contributed by atoms with Gasteiger partial charge >= 0.3 is 5.63 Å². The predicted molar refractivity (Wildman–Crippen MR) is 65.0 cm³/mol. The molecular weight excluding hydrogens is 224 g/mol. The zero-order chi connectivity index (χ0) is 11.1. The Morgan fingerprint density at radius 3 is 2.62 bits per heavy atom. The van der Waals surface area contributed by atoms with Crippen molar-refractivity contribution < 1.29 is 4.42 Å². The first-order valence-corrected chi connectivity index (χ1v) is 5.24. The van der Waals surface area contributed by atoms with Crippen LogP contribution in [0.5, 0.6) is 0 Å². The van der Waals surface area contributed by atoms with E-state index in [0.717, 1.165) is 10.8 Å². The van der Waals surface area contributed by atoms with E-state index in [0.29, 0.717) is 16.0 Å². The Labute approximate surface area is 96.1 Å². The highest BCUT2D eigenvalue weighted by molar-refractivity contribution is 6.31. The van der Waals surface area contributed by atoms with Gasteiger partial charge in [0.2, 0.25) is 0 Å². The lowest BCUT2D eigenvalue weighted by molar-refractivity contribution is 0.569. The summed E-state index contributed by atoms with van der Waals surface area (Å²) in [5.41, 5.74) is 0.257. The van der Waals surface area contributed by atoms with Crippen LogP contribution in [0.1, 0.15) is 0 Å². The van der Waals surface area contributed by atoms with Gasteiger partial charge in [-0.1, -0.05) is 29.8 Å². The van der Waals surface area contributed by atoms with Crippen molar-refractivity contribution >= 4 is 33.3 Å². The maximum atomic E-state index is 11.7. The highest BCUT2D eigenvalue weighted by Gasteiger charge is 2.06. The molecule has 2 aromatic carbocycles. The van der Waals surface area contributed by atoms with Gasteiger partial charge in [-0.05, 0) is 24.3 Å². The monoisotopic (exact) mass is 230 g/mol. The van der Waals surface area contributed by atoms with Gasteiger partial charge in [0.05, 0.1) is 5.39 Å². The SMILES string of the molecule is O=c1oc2ccccc2c2cc(Cl)ccc12. The van der Waals surface area contributed by atoms with Crippen LogP contribution in [0.15, 0.2) is 51.7 Å². The molecule has 0 atom stereocenters. The Kier molecular flexibility index (Phi) is 1.98. The lowest BCUT2D eigenvalue weighted by atomic mass is 10.1. The topological polar surface area (TPSA) is 30.2 Å². The van der Waals surface area contributed by atoms with E-state index in [1.807, 2.05) is 18.2 Å². The molecule has 0 aliphatic heterocycles. The third-order valence-electron chi connectivity index (χ3n) is 2.58. The highest BCUT2D eigenvalue weighted by Crippen LogP contribution is 2.24. The van der Waals surface area contributed by atoms with Crippen LogP contribution < -0.4 is 5.63 Å². The van der Waals surface area contributed by atoms with Crippen LogP contribution >= 0.6 is 11.6 Å². The smallest absolute Gasteiger partial charge is 0.344 e. The third-order valence-corrected chi connectivity index (χ3v) is 2.82. The van der Waals surface area contributed by atoms with Crippen molar-refractivity contribution in [2.75, 3.05) is 0 Å². The Hall–Kier alpha value is -1.80. The van der Waals surface area contributed by atoms with Crippen LogP contribution in [0.3, 0.4) is 0 Å². The molecule has 0 radical (unpaired) electrons. The average Bonchev–Trinajstić information content (AvgIpc) is 2.29. The van der Waals surface area contributed by atoms with Crippen molar-refractivity contribution in [1.82, 2.24) is 0 Å². The first kappa shape index (κ1) is 9.43. The molecule has 0 spiro atoms. The predicted octanol–water partition coefficient (Wildman–Crippen LogP) is 3.60. The van der Waals surface area contributed by atoms with Crippen molar-refractivity contribution in [2.24, 2.45) is 0 Å². The van der Waals surface area contributed by atoms with E-state index in [1.165, 1.54) is 0 Å². The number of para-hydroxylation sites is 1. The molecule has 0 unspecified atom stereocenters. The summed E-state index contributed by atoms with van der Waals surface area (Å²) in [5.74, 6) is 0. The minimum absolute atomic E-state index is 0.328. The molecule has 1 aromatic heterocycles. The lowest BCUT2D eigenvalue weighted by Crippen LogP contribution is -1.99. The molecule has 0 fully saturated rings. The van der Waals surface area contributed by atoms with Crippen molar-refractivity contribution in [2.45, 2.75) is 0 Å². The minimum atomic E-state index is -0.328. The Bertz CT molecular complexity index is 744. The largest absolute Gasteiger partial charge is 0.422 e. The molecule has 0 aliphatic carbocycles. The van der Waals surface area contributed by atoms with Crippen molar-refractivity contribution in [3.63, 3.8) is 0 Å². The molecule has 3 heteroatoms. The average molecular weight is 231 g/mol. The maximum Gasteiger partial charge on any atom is 0.344 e. The second kappa shape index (κ2) is 3.35. The van der Waals surface area contributed by atoms with E-state index in [4.69, 9.17) is 16.0 Å². The van der Waals surface area contributed by atoms with Gasteiger partial charge < -0.3 is 4.42 Å². The van der Waals surface area contributed by atoms with E-state index in [1.54, 1.807) is 24.3 Å². The summed E-state index contributed by atoms with van der Waals surface area (Å²) in [6, 6.07) is 12.6. The summed E-state index contributed by atoms with van der Waals surface area (Å²) in [5, 5.41) is 2.91. The highest BCUT2D eigenvalue weighted by atomic mass is 35.5. The molecule has 0 bridgehead atoms. The van der Waals surface area contributed by atoms with Crippen LogP contribution in [0.4, 0.5) is 0 Å². The van der Waals surface area contributed by atoms with Gasteiger partial charge in [-0.2, -0.15) is 0 Å². The second-order valence-corrected chi connectivity index (χ2v) is 4.01. The first-order valence-electron chi connectivity index (χ1n) is 4.87. The maximum absolute atomic E-state index is 11.7. The van der Waals surface area contributed by atoms with Gasteiger partial charge in [0.25, 0.3) is 0 Å². The van der Waals surface area contributed by atoms with Gasteiger partial charge in [0.15, 0.2) is 0 Å². The molecule has 0 saturated heterocycles. The number of rotatable bonds is 0. The summed E-state index contributed by atoms with van der Waals surface area (Å²) in [7, 11) is 0. The number of hydrogen-bond donors (Lipinski definition) is 0. The van der Waals surface area contributed by atoms with Gasteiger partial charge in [-0.25, -0.2) is 4.79 Å². The molecule has 0 aliphatic rings. The number of fused-ring (bicyclic) bond motifs is 3. The van der Waals surface area contributed by atoms with Gasteiger partial charge in [0.1, 0.15) is 5.58 Å². The number of benzene rings is 2. The number of hydrogen-bond acceptors (Lipinski definition) is 2. The minimum Gasteiger partial charge on any atom is -0.422 e. The van der Waals surface area contributed by atoms with E-state index in [9.17, 15) is 4.79 Å². The third kappa shape index (κ3) is 1.31. The standard InChI is InChI=1S/C13H7ClO2/c14-8-5-6-10-11(7-8)9-3-1-2-4-12(9)16-13(10)15/h1-7H. The van der Waals surface area contributed by atoms with E-state index < -0.39 is 0 Å². The summed E-state index contributed by atoms with van der Waals surface area (Å²) < 4.78 is 5.22. The van der Waals surface area contributed by atoms with E-state index in [-0.39, 0.29) is 5.63 Å². The van der Waals surface area contributed by atoms with Crippen molar-refractivity contribution in [1.29, 1.82) is 0 Å². The Morgan fingerprint density at radius 2 is 1.75 bits per heavy atom. The summed E-state index contributed by atoms with van der Waals surface area (Å²) >= 11 is 5.94. The van der Waals surface area contributed by atoms with Crippen LogP contribution in [0.2, 0.25) is 5.02 Å². The molecule has 0 saturated carbocycles. The van der Waals surface area contributed by atoms with Gasteiger partial charge in [-0.3, -0.25) is 0 Å². The molecule has 0 amide bonds. The van der Waals surface area contributed by atoms with Crippen molar-refractivity contribution in [3.8, 4) is 0 Å². The molecule has 2 nitrogen and oxygen atoms in total. The fourth-order valence-corrected chi connectivity index (χ4v) is 2.02. The fourth-order valence-electron chi connectivity index (χ4n) is 1.85. The molecule has 1 heterocycles.